The van der Waals surface area contributed by atoms with Crippen LogP contribution in [0.4, 0.5) is 5.69 Å². The van der Waals surface area contributed by atoms with Gasteiger partial charge in [0, 0.05) is 28.5 Å². The van der Waals surface area contributed by atoms with Crippen molar-refractivity contribution in [2.75, 3.05) is 0 Å². The Morgan fingerprint density at radius 1 is 1.11 bits per heavy atom. The summed E-state index contributed by atoms with van der Waals surface area (Å²) in [7, 11) is 0. The average Bonchev–Trinajstić information content (AvgIpc) is 3.07. The van der Waals surface area contributed by atoms with Crippen molar-refractivity contribution in [3.05, 3.63) is 84.3 Å². The molecule has 3 aromatic rings. The summed E-state index contributed by atoms with van der Waals surface area (Å²) >= 11 is 2.47. The maximum Gasteiger partial charge on any atom is 0.316 e. The third kappa shape index (κ3) is 2.58. The highest BCUT2D eigenvalue weighted by atomic mass is 32.2. The lowest BCUT2D eigenvalue weighted by Gasteiger charge is -2.39. The van der Waals surface area contributed by atoms with Crippen LogP contribution < -0.4 is 9.61 Å². The Morgan fingerprint density at radius 3 is 2.64 bits per heavy atom. The quantitative estimate of drug-likeness (QED) is 0.297. The number of fused-ring (bicyclic) bond motifs is 5. The Hall–Kier alpha value is -2.91. The van der Waals surface area contributed by atoms with Gasteiger partial charge in [0.25, 0.3) is 5.69 Å². The number of rotatable bonds is 2. The molecule has 0 amide bonds. The van der Waals surface area contributed by atoms with Crippen molar-refractivity contribution in [3.63, 3.8) is 0 Å². The summed E-state index contributed by atoms with van der Waals surface area (Å²) in [6.45, 7) is 0. The first-order valence-corrected chi connectivity index (χ1v) is 10.2. The number of hydrogen-bond acceptors (Lipinski definition) is 7. The number of thiazole rings is 1. The fourth-order valence-corrected chi connectivity index (χ4v) is 6.42. The van der Waals surface area contributed by atoms with E-state index in [0.717, 1.165) is 21.8 Å². The molecule has 5 rings (SSSR count). The standard InChI is InChI=1S/C19H12N2O5S2/c22-18-14-13(11-8-10(21(24)25)6-7-12(11)26-18)16-17(20-19(23)28-16)27-15(14)9-4-2-1-3-5-9/h1-8,13-15H,(H,20,23)/t13-,14+,15-/m1/s1. The van der Waals surface area contributed by atoms with Crippen LogP contribution in [0.15, 0.2) is 58.4 Å². The van der Waals surface area contributed by atoms with Gasteiger partial charge in [-0.3, -0.25) is 19.7 Å². The molecule has 1 aromatic heterocycles. The van der Waals surface area contributed by atoms with Crippen LogP contribution in [0.1, 0.15) is 27.2 Å². The third-order valence-corrected chi connectivity index (χ3v) is 7.48. The van der Waals surface area contributed by atoms with E-state index < -0.39 is 16.8 Å². The molecule has 7 nitrogen and oxygen atoms in total. The summed E-state index contributed by atoms with van der Waals surface area (Å²) in [5.74, 6) is -1.14. The Kier molecular flexibility index (Phi) is 3.88. The molecule has 28 heavy (non-hydrogen) atoms. The molecule has 3 heterocycles. The highest BCUT2D eigenvalue weighted by Crippen LogP contribution is 2.58. The summed E-state index contributed by atoms with van der Waals surface area (Å²) in [6.07, 6.45) is 0. The fourth-order valence-electron chi connectivity index (χ4n) is 3.83. The van der Waals surface area contributed by atoms with Gasteiger partial charge in [0.1, 0.15) is 5.75 Å². The van der Waals surface area contributed by atoms with Gasteiger partial charge in [-0.15, -0.1) is 0 Å². The molecule has 3 atom stereocenters. The first-order valence-electron chi connectivity index (χ1n) is 8.47. The van der Waals surface area contributed by atoms with Gasteiger partial charge in [-0.2, -0.15) is 0 Å². The number of ether oxygens (including phenoxy) is 1. The number of nitrogens with zero attached hydrogens (tertiary/aromatic N) is 1. The molecule has 2 aromatic carbocycles. The lowest BCUT2D eigenvalue weighted by molar-refractivity contribution is -0.385. The molecule has 0 saturated carbocycles. The molecule has 2 aliphatic rings. The number of aromatic amines is 1. The van der Waals surface area contributed by atoms with E-state index in [2.05, 4.69) is 4.98 Å². The predicted octanol–water partition coefficient (Wildman–Crippen LogP) is 3.86. The molecule has 0 saturated heterocycles. The molecule has 0 aliphatic carbocycles. The lowest BCUT2D eigenvalue weighted by Crippen LogP contribution is -2.37. The van der Waals surface area contributed by atoms with Crippen molar-refractivity contribution in [2.24, 2.45) is 5.92 Å². The van der Waals surface area contributed by atoms with E-state index in [0.29, 0.717) is 16.3 Å². The number of benzene rings is 2. The van der Waals surface area contributed by atoms with E-state index in [1.807, 2.05) is 30.3 Å². The first kappa shape index (κ1) is 17.2. The number of nitro benzene ring substituents is 1. The zero-order valence-corrected chi connectivity index (χ0v) is 15.8. The van der Waals surface area contributed by atoms with Gasteiger partial charge in [0.05, 0.1) is 21.1 Å². The zero-order valence-electron chi connectivity index (χ0n) is 14.2. The molecular formula is C19H12N2O5S2. The van der Waals surface area contributed by atoms with Crippen LogP contribution in [0.3, 0.4) is 0 Å². The van der Waals surface area contributed by atoms with Crippen molar-refractivity contribution < 1.29 is 14.5 Å². The topological polar surface area (TPSA) is 102 Å². The number of esters is 1. The minimum absolute atomic E-state index is 0.0747. The second-order valence-electron chi connectivity index (χ2n) is 6.56. The molecule has 0 unspecified atom stereocenters. The van der Waals surface area contributed by atoms with Gasteiger partial charge in [-0.1, -0.05) is 53.4 Å². The molecule has 0 fully saturated rings. The maximum absolute atomic E-state index is 13.0. The van der Waals surface area contributed by atoms with E-state index in [-0.39, 0.29) is 21.8 Å². The number of nitrogens with one attached hydrogen (secondary N) is 1. The second-order valence-corrected chi connectivity index (χ2v) is 8.73. The van der Waals surface area contributed by atoms with Crippen LogP contribution >= 0.6 is 23.1 Å². The minimum Gasteiger partial charge on any atom is -0.426 e. The maximum atomic E-state index is 13.0. The van der Waals surface area contributed by atoms with Crippen LogP contribution in [-0.4, -0.2) is 15.9 Å². The number of nitro groups is 1. The summed E-state index contributed by atoms with van der Waals surface area (Å²) in [5.41, 5.74) is 1.43. The smallest absolute Gasteiger partial charge is 0.316 e. The van der Waals surface area contributed by atoms with Gasteiger partial charge in [-0.25, -0.2) is 0 Å². The van der Waals surface area contributed by atoms with Crippen molar-refractivity contribution in [3.8, 4) is 5.75 Å². The number of carbonyl (C=O) groups excluding carboxylic acids is 1. The monoisotopic (exact) mass is 412 g/mol. The van der Waals surface area contributed by atoms with E-state index in [1.54, 1.807) is 0 Å². The van der Waals surface area contributed by atoms with E-state index in [4.69, 9.17) is 4.74 Å². The number of H-pyrrole nitrogens is 1. The number of non-ortho nitro benzene ring substituents is 1. The van der Waals surface area contributed by atoms with Crippen LogP contribution in [0.25, 0.3) is 0 Å². The molecule has 2 aliphatic heterocycles. The first-order chi connectivity index (χ1) is 13.5. The predicted molar refractivity (Wildman–Crippen MR) is 104 cm³/mol. The Labute approximate surface area is 166 Å². The Bertz CT molecular complexity index is 1170. The zero-order chi connectivity index (χ0) is 19.4. The number of aromatic nitrogens is 1. The average molecular weight is 412 g/mol. The summed E-state index contributed by atoms with van der Waals surface area (Å²) in [4.78, 5) is 39.2. The van der Waals surface area contributed by atoms with Crippen molar-refractivity contribution in [1.29, 1.82) is 0 Å². The Morgan fingerprint density at radius 2 is 1.89 bits per heavy atom. The van der Waals surface area contributed by atoms with Crippen molar-refractivity contribution in [1.82, 2.24) is 4.98 Å². The molecule has 140 valence electrons. The van der Waals surface area contributed by atoms with Crippen molar-refractivity contribution in [2.45, 2.75) is 16.2 Å². The fraction of sp³-hybridized carbons (Fsp3) is 0.158. The Balaban J connectivity index is 1.75. The van der Waals surface area contributed by atoms with Gasteiger partial charge in [0.15, 0.2) is 0 Å². The largest absolute Gasteiger partial charge is 0.426 e. The number of hydrogen-bond donors (Lipinski definition) is 1. The van der Waals surface area contributed by atoms with Gasteiger partial charge >= 0.3 is 10.8 Å². The minimum atomic E-state index is -0.583. The van der Waals surface area contributed by atoms with E-state index in [1.165, 1.54) is 30.0 Å². The van der Waals surface area contributed by atoms with Crippen LogP contribution in [0, 0.1) is 16.0 Å². The highest BCUT2D eigenvalue weighted by Gasteiger charge is 2.49. The molecule has 0 bridgehead atoms. The number of thioether (sulfide) groups is 1. The summed E-state index contributed by atoms with van der Waals surface area (Å²) in [6, 6.07) is 13.8. The van der Waals surface area contributed by atoms with Gasteiger partial charge < -0.3 is 9.72 Å². The van der Waals surface area contributed by atoms with E-state index in [9.17, 15) is 19.7 Å². The summed E-state index contributed by atoms with van der Waals surface area (Å²) < 4.78 is 5.55. The van der Waals surface area contributed by atoms with Crippen LogP contribution in [0.5, 0.6) is 5.75 Å². The normalized spacial score (nSPS) is 22.6. The van der Waals surface area contributed by atoms with Gasteiger partial charge in [0.2, 0.25) is 0 Å². The highest BCUT2D eigenvalue weighted by molar-refractivity contribution is 7.99. The van der Waals surface area contributed by atoms with Crippen LogP contribution in [-0.2, 0) is 4.79 Å². The number of carbonyl (C=O) groups is 1. The van der Waals surface area contributed by atoms with Gasteiger partial charge in [-0.05, 0) is 11.6 Å². The second kappa shape index (κ2) is 6.32. The SMILES string of the molecule is O=C1Oc2ccc([N+](=O)[O-])cc2[C@H]2c3sc(=O)[nH]c3S[C@H](c3ccccc3)[C@@H]12. The third-order valence-electron chi connectivity index (χ3n) is 5.00. The van der Waals surface area contributed by atoms with E-state index >= 15 is 0 Å². The molecule has 9 heteroatoms. The summed E-state index contributed by atoms with van der Waals surface area (Å²) in [5, 5.41) is 11.7. The molecular weight excluding hydrogens is 400 g/mol. The van der Waals surface area contributed by atoms with Crippen LogP contribution in [0.2, 0.25) is 0 Å². The molecule has 0 radical (unpaired) electrons. The lowest BCUT2D eigenvalue weighted by atomic mass is 9.78. The van der Waals surface area contributed by atoms with Crippen molar-refractivity contribution >= 4 is 34.8 Å². The molecule has 0 spiro atoms. The molecule has 1 N–H and O–H groups in total.